The number of esters is 1. The molecule has 0 spiro atoms. The lowest BCUT2D eigenvalue weighted by atomic mass is 10.2. The van der Waals surface area contributed by atoms with Gasteiger partial charge in [-0.1, -0.05) is 19.9 Å². The van der Waals surface area contributed by atoms with Gasteiger partial charge >= 0.3 is 13.2 Å². The predicted octanol–water partition coefficient (Wildman–Crippen LogP) is 4.56. The van der Waals surface area contributed by atoms with Gasteiger partial charge in [0, 0.05) is 5.57 Å². The van der Waals surface area contributed by atoms with Crippen molar-refractivity contribution in [1.82, 2.24) is 4.57 Å². The summed E-state index contributed by atoms with van der Waals surface area (Å²) in [6, 6.07) is 0. The molecule has 0 aliphatic heterocycles. The molecule has 0 atom stereocenters. The molecule has 26 heavy (non-hydrogen) atoms. The summed E-state index contributed by atoms with van der Waals surface area (Å²) in [4.78, 5) is 11.2. The molecule has 0 unspecified atom stereocenters. The maximum absolute atomic E-state index is 11.2. The van der Waals surface area contributed by atoms with Crippen LogP contribution in [0.2, 0.25) is 0 Å². The Hall–Kier alpha value is -1.80. The second kappa shape index (κ2) is 13.4. The number of unbranched alkanes of at least 4 members (excludes halogenated alkanes) is 4. The molecule has 0 radical (unpaired) electrons. The fourth-order valence-electron chi connectivity index (χ4n) is 2.08. The van der Waals surface area contributed by atoms with Gasteiger partial charge in [0.2, 0.25) is 6.33 Å². The van der Waals surface area contributed by atoms with Gasteiger partial charge in [-0.15, -0.1) is 0 Å². The first-order valence-corrected chi connectivity index (χ1v) is 8.88. The number of aryl methyl sites for hydroxylation is 2. The smallest absolute Gasteiger partial charge is 0.462 e. The lowest BCUT2D eigenvalue weighted by Crippen LogP contribution is -2.30. The number of rotatable bonds is 11. The summed E-state index contributed by atoms with van der Waals surface area (Å²) in [7, 11) is -6.00. The molecule has 1 aromatic rings. The van der Waals surface area contributed by atoms with E-state index in [4.69, 9.17) is 4.74 Å². The van der Waals surface area contributed by atoms with Gasteiger partial charge in [-0.2, -0.15) is 0 Å². The van der Waals surface area contributed by atoms with Crippen LogP contribution in [0.15, 0.2) is 30.9 Å². The van der Waals surface area contributed by atoms with Crippen LogP contribution in [-0.4, -0.2) is 24.4 Å². The van der Waals surface area contributed by atoms with E-state index in [1.807, 2.05) is 0 Å². The molecule has 150 valence electrons. The van der Waals surface area contributed by atoms with Crippen molar-refractivity contribution in [3.63, 3.8) is 0 Å². The minimum absolute atomic E-state index is 0.279. The van der Waals surface area contributed by atoms with Crippen LogP contribution in [-0.2, 0) is 22.6 Å². The highest BCUT2D eigenvalue weighted by molar-refractivity contribution is 6.50. The van der Waals surface area contributed by atoms with E-state index >= 15 is 0 Å². The molecular formula is C17H29BF4N2O2. The summed E-state index contributed by atoms with van der Waals surface area (Å²) < 4.78 is 48.6. The Morgan fingerprint density at radius 3 is 2.35 bits per heavy atom. The second-order valence-electron chi connectivity index (χ2n) is 6.07. The molecule has 0 aromatic carbocycles. The van der Waals surface area contributed by atoms with Gasteiger partial charge in [-0.05, 0) is 39.0 Å². The first-order chi connectivity index (χ1) is 12.1. The molecule has 0 aliphatic carbocycles. The molecular weight excluding hydrogens is 351 g/mol. The van der Waals surface area contributed by atoms with E-state index in [9.17, 15) is 22.1 Å². The minimum atomic E-state index is -6.00. The van der Waals surface area contributed by atoms with Gasteiger partial charge in [0.15, 0.2) is 0 Å². The second-order valence-corrected chi connectivity index (χ2v) is 6.07. The van der Waals surface area contributed by atoms with Crippen molar-refractivity contribution in [2.45, 2.75) is 65.5 Å². The molecule has 0 fully saturated rings. The van der Waals surface area contributed by atoms with Crippen molar-refractivity contribution >= 4 is 13.2 Å². The number of hydrogen-bond acceptors (Lipinski definition) is 2. The lowest BCUT2D eigenvalue weighted by molar-refractivity contribution is -0.696. The molecule has 1 aromatic heterocycles. The highest BCUT2D eigenvalue weighted by atomic mass is 19.5. The normalized spacial score (nSPS) is 10.8. The first-order valence-electron chi connectivity index (χ1n) is 8.88. The number of carbonyl (C=O) groups is 1. The molecule has 0 saturated carbocycles. The largest absolute Gasteiger partial charge is 0.673 e. The molecule has 1 rings (SSSR count). The van der Waals surface area contributed by atoms with Crippen LogP contribution in [0.3, 0.4) is 0 Å². The Bertz CT molecular complexity index is 527. The Balaban J connectivity index is 0.00000110. The number of hydrogen-bond donors (Lipinski definition) is 0. The maximum atomic E-state index is 11.2. The molecule has 1 heterocycles. The number of aromatic nitrogens is 2. The van der Waals surface area contributed by atoms with E-state index in [0.29, 0.717) is 12.2 Å². The topological polar surface area (TPSA) is 35.1 Å². The summed E-state index contributed by atoms with van der Waals surface area (Å²) in [6.45, 7) is 10.1. The summed E-state index contributed by atoms with van der Waals surface area (Å²) in [5, 5.41) is 0. The van der Waals surface area contributed by atoms with Crippen molar-refractivity contribution in [2.24, 2.45) is 0 Å². The summed E-state index contributed by atoms with van der Waals surface area (Å²) in [6.07, 6.45) is 13.3. The van der Waals surface area contributed by atoms with Crippen molar-refractivity contribution in [3.05, 3.63) is 30.9 Å². The van der Waals surface area contributed by atoms with Crippen LogP contribution in [0.4, 0.5) is 17.3 Å². The molecule has 4 nitrogen and oxygen atoms in total. The lowest BCUT2D eigenvalue weighted by Gasteiger charge is -2.03. The van der Waals surface area contributed by atoms with Gasteiger partial charge < -0.3 is 22.0 Å². The number of nitrogens with zero attached hydrogens (tertiary/aromatic N) is 2. The zero-order chi connectivity index (χ0) is 20.0. The third kappa shape index (κ3) is 15.7. The van der Waals surface area contributed by atoms with Gasteiger partial charge in [0.1, 0.15) is 12.4 Å². The number of halogens is 4. The quantitative estimate of drug-likeness (QED) is 0.141. The van der Waals surface area contributed by atoms with Gasteiger partial charge in [-0.3, -0.25) is 0 Å². The molecule has 0 amide bonds. The van der Waals surface area contributed by atoms with Crippen LogP contribution in [0.1, 0.15) is 52.4 Å². The maximum Gasteiger partial charge on any atom is 0.673 e. The molecule has 0 saturated heterocycles. The zero-order valence-corrected chi connectivity index (χ0v) is 15.6. The monoisotopic (exact) mass is 380 g/mol. The Morgan fingerprint density at radius 2 is 1.77 bits per heavy atom. The minimum Gasteiger partial charge on any atom is -0.462 e. The zero-order valence-electron chi connectivity index (χ0n) is 15.6. The molecule has 9 heteroatoms. The summed E-state index contributed by atoms with van der Waals surface area (Å²) in [5.41, 5.74) is 0.471. The van der Waals surface area contributed by atoms with Crippen molar-refractivity contribution < 1.29 is 31.4 Å². The van der Waals surface area contributed by atoms with Crippen LogP contribution < -0.4 is 4.57 Å². The fourth-order valence-corrected chi connectivity index (χ4v) is 2.08. The Labute approximate surface area is 152 Å². The van der Waals surface area contributed by atoms with E-state index in [2.05, 4.69) is 41.4 Å². The SMILES string of the molecule is C=C(C)C(=O)OCCCCCC[n+]1ccn(CCCC)c1.F[B-](F)(F)F. The molecule has 0 bridgehead atoms. The summed E-state index contributed by atoms with van der Waals surface area (Å²) >= 11 is 0. The highest BCUT2D eigenvalue weighted by Crippen LogP contribution is 2.06. The van der Waals surface area contributed by atoms with E-state index in [-0.39, 0.29) is 5.97 Å². The van der Waals surface area contributed by atoms with Crippen LogP contribution >= 0.6 is 0 Å². The number of imidazole rings is 1. The van der Waals surface area contributed by atoms with Crippen molar-refractivity contribution in [3.8, 4) is 0 Å². The first kappa shape index (κ1) is 24.2. The van der Waals surface area contributed by atoms with E-state index in [1.54, 1.807) is 6.92 Å². The third-order valence-corrected chi connectivity index (χ3v) is 3.41. The van der Waals surface area contributed by atoms with Gasteiger partial charge in [0.25, 0.3) is 0 Å². The Kier molecular flexibility index (Phi) is 12.5. The fraction of sp³-hybridized carbons (Fsp3) is 0.647. The summed E-state index contributed by atoms with van der Waals surface area (Å²) in [5.74, 6) is -0.279. The molecule has 0 aliphatic rings. The van der Waals surface area contributed by atoms with E-state index < -0.39 is 7.25 Å². The standard InChI is InChI=1S/C17H29N2O2.BF4/c1-4-5-10-18-12-13-19(15-18)11-8-6-7-9-14-21-17(20)16(2)3;2-1(3,4)5/h12-13,15H,2,4-11,14H2,1,3H3;/q+1;-1. The highest BCUT2D eigenvalue weighted by Gasteiger charge is 2.20. The molecule has 0 N–H and O–H groups in total. The number of carbonyl (C=O) groups excluding carboxylic acids is 1. The van der Waals surface area contributed by atoms with Crippen molar-refractivity contribution in [1.29, 1.82) is 0 Å². The van der Waals surface area contributed by atoms with Gasteiger partial charge in [-0.25, -0.2) is 13.9 Å². The number of ether oxygens (including phenoxy) is 1. The Morgan fingerprint density at radius 1 is 1.15 bits per heavy atom. The third-order valence-electron chi connectivity index (χ3n) is 3.41. The van der Waals surface area contributed by atoms with Crippen LogP contribution in [0, 0.1) is 0 Å². The van der Waals surface area contributed by atoms with E-state index in [0.717, 1.165) is 38.8 Å². The average Bonchev–Trinajstić information content (AvgIpc) is 2.97. The predicted molar refractivity (Wildman–Crippen MR) is 94.0 cm³/mol. The van der Waals surface area contributed by atoms with Gasteiger partial charge in [0.05, 0.1) is 19.7 Å². The average molecular weight is 380 g/mol. The van der Waals surface area contributed by atoms with Crippen LogP contribution in [0.25, 0.3) is 0 Å². The van der Waals surface area contributed by atoms with Crippen molar-refractivity contribution in [2.75, 3.05) is 6.61 Å². The van der Waals surface area contributed by atoms with E-state index in [1.165, 1.54) is 12.8 Å². The van der Waals surface area contributed by atoms with Crippen LogP contribution in [0.5, 0.6) is 0 Å².